The van der Waals surface area contributed by atoms with Crippen molar-refractivity contribution in [2.45, 2.75) is 19.9 Å². The SMILES string of the molecule is COCCc1ccccc1NCc1cc(C)ccc1O. The third kappa shape index (κ3) is 3.75. The predicted molar refractivity (Wildman–Crippen MR) is 82.2 cm³/mol. The third-order valence-corrected chi connectivity index (χ3v) is 3.30. The minimum atomic E-state index is 0.331. The summed E-state index contributed by atoms with van der Waals surface area (Å²) >= 11 is 0. The van der Waals surface area contributed by atoms with E-state index in [4.69, 9.17) is 4.74 Å². The Morgan fingerprint density at radius 2 is 1.90 bits per heavy atom. The molecule has 0 bridgehead atoms. The molecule has 0 saturated heterocycles. The van der Waals surface area contributed by atoms with Gasteiger partial charge in [-0.1, -0.05) is 35.9 Å². The molecular formula is C17H21NO2. The Morgan fingerprint density at radius 1 is 1.10 bits per heavy atom. The molecule has 0 unspecified atom stereocenters. The van der Waals surface area contributed by atoms with E-state index in [0.717, 1.165) is 23.2 Å². The molecule has 2 aromatic carbocycles. The Bertz CT molecular complexity index is 567. The minimum Gasteiger partial charge on any atom is -0.508 e. The first-order valence-corrected chi connectivity index (χ1v) is 6.80. The average Bonchev–Trinajstić information content (AvgIpc) is 2.47. The van der Waals surface area contributed by atoms with Gasteiger partial charge in [0.1, 0.15) is 5.75 Å². The molecule has 0 aliphatic rings. The molecule has 0 amide bonds. The number of methoxy groups -OCH3 is 1. The lowest BCUT2D eigenvalue weighted by atomic mass is 10.1. The number of phenols is 1. The summed E-state index contributed by atoms with van der Waals surface area (Å²) in [6.45, 7) is 3.33. The lowest BCUT2D eigenvalue weighted by Gasteiger charge is -2.13. The van der Waals surface area contributed by atoms with Crippen LogP contribution in [0.15, 0.2) is 42.5 Å². The van der Waals surface area contributed by atoms with Crippen LogP contribution in [0.4, 0.5) is 5.69 Å². The maximum Gasteiger partial charge on any atom is 0.120 e. The lowest BCUT2D eigenvalue weighted by molar-refractivity contribution is 0.202. The van der Waals surface area contributed by atoms with Crippen molar-refractivity contribution in [2.75, 3.05) is 19.0 Å². The van der Waals surface area contributed by atoms with Gasteiger partial charge in [-0.05, 0) is 31.0 Å². The van der Waals surface area contributed by atoms with Crippen LogP contribution >= 0.6 is 0 Å². The predicted octanol–water partition coefficient (Wildman–Crippen LogP) is 3.50. The number of nitrogens with one attached hydrogen (secondary N) is 1. The second kappa shape index (κ2) is 6.96. The molecule has 0 aliphatic carbocycles. The van der Waals surface area contributed by atoms with E-state index in [0.29, 0.717) is 18.9 Å². The average molecular weight is 271 g/mol. The molecule has 0 aromatic heterocycles. The maximum absolute atomic E-state index is 9.86. The van der Waals surface area contributed by atoms with E-state index in [1.807, 2.05) is 31.2 Å². The first-order chi connectivity index (χ1) is 9.70. The highest BCUT2D eigenvalue weighted by Crippen LogP contribution is 2.21. The summed E-state index contributed by atoms with van der Waals surface area (Å²) in [5, 5.41) is 13.3. The fourth-order valence-electron chi connectivity index (χ4n) is 2.17. The number of hydrogen-bond donors (Lipinski definition) is 2. The smallest absolute Gasteiger partial charge is 0.120 e. The van der Waals surface area contributed by atoms with E-state index in [9.17, 15) is 5.11 Å². The first kappa shape index (κ1) is 14.4. The molecule has 0 fully saturated rings. The summed E-state index contributed by atoms with van der Waals surface area (Å²) in [4.78, 5) is 0. The second-order valence-corrected chi connectivity index (χ2v) is 4.89. The van der Waals surface area contributed by atoms with E-state index >= 15 is 0 Å². The number of rotatable bonds is 6. The summed E-state index contributed by atoms with van der Waals surface area (Å²) in [6, 6.07) is 13.8. The monoisotopic (exact) mass is 271 g/mol. The largest absolute Gasteiger partial charge is 0.508 e. The zero-order chi connectivity index (χ0) is 14.4. The zero-order valence-electron chi connectivity index (χ0n) is 12.0. The molecule has 3 heteroatoms. The highest BCUT2D eigenvalue weighted by atomic mass is 16.5. The molecule has 0 radical (unpaired) electrons. The summed E-state index contributed by atoms with van der Waals surface area (Å²) in [5.74, 6) is 0.331. The van der Waals surface area contributed by atoms with Crippen molar-refractivity contribution in [2.24, 2.45) is 0 Å². The summed E-state index contributed by atoms with van der Waals surface area (Å²) in [5.41, 5.74) is 4.37. The number of phenolic OH excluding ortho intramolecular Hbond substituents is 1. The zero-order valence-corrected chi connectivity index (χ0v) is 12.0. The number of ether oxygens (including phenoxy) is 1. The van der Waals surface area contributed by atoms with Gasteiger partial charge in [0.15, 0.2) is 0 Å². The summed E-state index contributed by atoms with van der Waals surface area (Å²) in [7, 11) is 1.71. The molecule has 20 heavy (non-hydrogen) atoms. The van der Waals surface area contributed by atoms with Crippen LogP contribution in [0.2, 0.25) is 0 Å². The molecule has 106 valence electrons. The van der Waals surface area contributed by atoms with Crippen LogP contribution in [0.5, 0.6) is 5.75 Å². The van der Waals surface area contributed by atoms with Crippen molar-refractivity contribution in [1.29, 1.82) is 0 Å². The van der Waals surface area contributed by atoms with Gasteiger partial charge in [-0.3, -0.25) is 0 Å². The number of anilines is 1. The Hall–Kier alpha value is -2.00. The van der Waals surface area contributed by atoms with Crippen LogP contribution in [0.25, 0.3) is 0 Å². The van der Waals surface area contributed by atoms with Gasteiger partial charge in [0, 0.05) is 24.9 Å². The Morgan fingerprint density at radius 3 is 2.70 bits per heavy atom. The highest BCUT2D eigenvalue weighted by molar-refractivity contribution is 5.52. The van der Waals surface area contributed by atoms with Crippen LogP contribution in [0.3, 0.4) is 0 Å². The molecule has 2 rings (SSSR count). The van der Waals surface area contributed by atoms with Crippen LogP contribution in [0.1, 0.15) is 16.7 Å². The van der Waals surface area contributed by atoms with Gasteiger partial charge in [-0.15, -0.1) is 0 Å². The van der Waals surface area contributed by atoms with Gasteiger partial charge in [0.2, 0.25) is 0 Å². The van der Waals surface area contributed by atoms with Crippen molar-refractivity contribution in [3.63, 3.8) is 0 Å². The summed E-state index contributed by atoms with van der Waals surface area (Å²) < 4.78 is 5.13. The normalized spacial score (nSPS) is 10.5. The Kier molecular flexibility index (Phi) is 5.02. The molecular weight excluding hydrogens is 250 g/mol. The molecule has 0 heterocycles. The van der Waals surface area contributed by atoms with Crippen molar-refractivity contribution in [3.8, 4) is 5.75 Å². The Labute approximate surface area is 120 Å². The van der Waals surface area contributed by atoms with Gasteiger partial charge in [0.25, 0.3) is 0 Å². The number of aromatic hydroxyl groups is 1. The van der Waals surface area contributed by atoms with Crippen LogP contribution in [-0.4, -0.2) is 18.8 Å². The fourth-order valence-corrected chi connectivity index (χ4v) is 2.17. The molecule has 3 nitrogen and oxygen atoms in total. The van der Waals surface area contributed by atoms with Crippen molar-refractivity contribution < 1.29 is 9.84 Å². The number of hydrogen-bond acceptors (Lipinski definition) is 3. The van der Waals surface area contributed by atoms with Gasteiger partial charge in [-0.2, -0.15) is 0 Å². The molecule has 2 N–H and O–H groups in total. The van der Waals surface area contributed by atoms with E-state index in [1.54, 1.807) is 13.2 Å². The summed E-state index contributed by atoms with van der Waals surface area (Å²) in [6.07, 6.45) is 0.874. The molecule has 0 aliphatic heterocycles. The van der Waals surface area contributed by atoms with E-state index < -0.39 is 0 Å². The molecule has 0 spiro atoms. The highest BCUT2D eigenvalue weighted by Gasteiger charge is 2.04. The van der Waals surface area contributed by atoms with Gasteiger partial charge in [0.05, 0.1) is 6.61 Å². The van der Waals surface area contributed by atoms with Gasteiger partial charge < -0.3 is 15.2 Å². The van der Waals surface area contributed by atoms with Gasteiger partial charge in [-0.25, -0.2) is 0 Å². The second-order valence-electron chi connectivity index (χ2n) is 4.89. The van der Waals surface area contributed by atoms with Crippen LogP contribution < -0.4 is 5.32 Å². The van der Waals surface area contributed by atoms with Crippen LogP contribution in [-0.2, 0) is 17.7 Å². The quantitative estimate of drug-likeness (QED) is 0.845. The Balaban J connectivity index is 2.08. The van der Waals surface area contributed by atoms with E-state index in [2.05, 4.69) is 17.4 Å². The lowest BCUT2D eigenvalue weighted by Crippen LogP contribution is -2.04. The number of benzene rings is 2. The number of para-hydroxylation sites is 1. The molecule has 2 aromatic rings. The number of aryl methyl sites for hydroxylation is 1. The standard InChI is InChI=1S/C17H21NO2/c1-13-7-8-17(19)15(11-13)12-18-16-6-4-3-5-14(16)9-10-20-2/h3-8,11,18-19H,9-10,12H2,1-2H3. The molecule has 0 saturated carbocycles. The maximum atomic E-state index is 9.86. The van der Waals surface area contributed by atoms with E-state index in [-0.39, 0.29) is 0 Å². The fraction of sp³-hybridized carbons (Fsp3) is 0.294. The topological polar surface area (TPSA) is 41.5 Å². The van der Waals surface area contributed by atoms with Crippen molar-refractivity contribution in [1.82, 2.24) is 0 Å². The van der Waals surface area contributed by atoms with Gasteiger partial charge >= 0.3 is 0 Å². The first-order valence-electron chi connectivity index (χ1n) is 6.80. The third-order valence-electron chi connectivity index (χ3n) is 3.30. The van der Waals surface area contributed by atoms with Crippen molar-refractivity contribution in [3.05, 3.63) is 59.2 Å². The van der Waals surface area contributed by atoms with Crippen molar-refractivity contribution >= 4 is 5.69 Å². The molecule has 0 atom stereocenters. The minimum absolute atomic E-state index is 0.331. The van der Waals surface area contributed by atoms with Crippen LogP contribution in [0, 0.1) is 6.92 Å². The van der Waals surface area contributed by atoms with E-state index in [1.165, 1.54) is 5.56 Å².